The van der Waals surface area contributed by atoms with Crippen molar-refractivity contribution in [2.75, 3.05) is 30.3 Å². The van der Waals surface area contributed by atoms with Gasteiger partial charge < -0.3 is 10.1 Å². The molecule has 0 radical (unpaired) electrons. The van der Waals surface area contributed by atoms with Crippen molar-refractivity contribution in [1.29, 1.82) is 0 Å². The molecule has 0 bridgehead atoms. The molecular formula is C27H32N2O4S2. The highest BCUT2D eigenvalue weighted by molar-refractivity contribution is 7.98. The standard InChI is InChI=1S/C27H32N2O4S2/c1-4-29(35(31,32)25-18-16-24(34-3)17-19-25)23-14-12-22(13-15-23)27(30)28-20-8-10-21-9-6-7-11-26(21)33-5-2/h6-7,9,11-19H,4-5,8,10,20H2,1-3H3,(H,28,30). The van der Waals surface area contributed by atoms with Crippen molar-refractivity contribution >= 4 is 33.4 Å². The highest BCUT2D eigenvalue weighted by Crippen LogP contribution is 2.26. The maximum absolute atomic E-state index is 13.2. The summed E-state index contributed by atoms with van der Waals surface area (Å²) in [5.74, 6) is 0.695. The molecule has 0 aliphatic rings. The molecule has 0 saturated heterocycles. The van der Waals surface area contributed by atoms with Crippen LogP contribution < -0.4 is 14.4 Å². The zero-order valence-electron chi connectivity index (χ0n) is 20.4. The molecule has 0 spiro atoms. The number of amides is 1. The molecule has 0 atom stereocenters. The Hall–Kier alpha value is -2.97. The van der Waals surface area contributed by atoms with Crippen molar-refractivity contribution < 1.29 is 17.9 Å². The van der Waals surface area contributed by atoms with E-state index in [9.17, 15) is 13.2 Å². The molecule has 0 aliphatic heterocycles. The van der Waals surface area contributed by atoms with E-state index in [4.69, 9.17) is 4.74 Å². The molecule has 0 saturated carbocycles. The van der Waals surface area contributed by atoms with Crippen molar-refractivity contribution in [2.24, 2.45) is 0 Å². The number of sulfonamides is 1. The lowest BCUT2D eigenvalue weighted by Crippen LogP contribution is -2.31. The van der Waals surface area contributed by atoms with Gasteiger partial charge in [-0.25, -0.2) is 8.42 Å². The first-order valence-electron chi connectivity index (χ1n) is 11.7. The van der Waals surface area contributed by atoms with Crippen molar-refractivity contribution in [3.05, 3.63) is 83.9 Å². The van der Waals surface area contributed by atoms with Gasteiger partial charge in [-0.3, -0.25) is 9.10 Å². The van der Waals surface area contributed by atoms with Gasteiger partial charge in [0.1, 0.15) is 5.75 Å². The largest absolute Gasteiger partial charge is 0.494 e. The Morgan fingerprint density at radius 1 is 0.971 bits per heavy atom. The van der Waals surface area contributed by atoms with Gasteiger partial charge in [-0.15, -0.1) is 11.8 Å². The van der Waals surface area contributed by atoms with Crippen LogP contribution in [0.15, 0.2) is 82.6 Å². The minimum atomic E-state index is -3.70. The number of aryl methyl sites for hydroxylation is 1. The topological polar surface area (TPSA) is 75.7 Å². The third kappa shape index (κ3) is 6.80. The zero-order valence-corrected chi connectivity index (χ0v) is 22.0. The zero-order chi connectivity index (χ0) is 25.3. The summed E-state index contributed by atoms with van der Waals surface area (Å²) in [6, 6.07) is 21.4. The van der Waals surface area contributed by atoms with E-state index >= 15 is 0 Å². The van der Waals surface area contributed by atoms with Crippen LogP contribution in [0, 0.1) is 0 Å². The molecule has 3 aromatic carbocycles. The van der Waals surface area contributed by atoms with Crippen molar-refractivity contribution in [1.82, 2.24) is 5.32 Å². The summed E-state index contributed by atoms with van der Waals surface area (Å²) in [7, 11) is -3.70. The van der Waals surface area contributed by atoms with E-state index in [-0.39, 0.29) is 17.3 Å². The summed E-state index contributed by atoms with van der Waals surface area (Å²) in [5.41, 5.74) is 2.13. The predicted octanol–water partition coefficient (Wildman–Crippen LogP) is 5.39. The molecule has 1 amide bonds. The fraction of sp³-hybridized carbons (Fsp3) is 0.296. The van der Waals surface area contributed by atoms with Gasteiger partial charge >= 0.3 is 0 Å². The minimum absolute atomic E-state index is 0.187. The number of ether oxygens (including phenoxy) is 1. The van der Waals surface area contributed by atoms with Crippen LogP contribution >= 0.6 is 11.8 Å². The number of nitrogens with zero attached hydrogens (tertiary/aromatic N) is 1. The molecule has 35 heavy (non-hydrogen) atoms. The van der Waals surface area contributed by atoms with Crippen LogP contribution in [-0.4, -0.2) is 40.3 Å². The number of carbonyl (C=O) groups is 1. The third-order valence-corrected chi connectivity index (χ3v) is 8.19. The second kappa shape index (κ2) is 12.7. The lowest BCUT2D eigenvalue weighted by atomic mass is 10.1. The smallest absolute Gasteiger partial charge is 0.264 e. The predicted molar refractivity (Wildman–Crippen MR) is 143 cm³/mol. The Morgan fingerprint density at radius 3 is 2.29 bits per heavy atom. The molecule has 0 aliphatic carbocycles. The molecule has 0 heterocycles. The molecular weight excluding hydrogens is 480 g/mol. The van der Waals surface area contributed by atoms with E-state index < -0.39 is 10.0 Å². The Balaban J connectivity index is 1.60. The van der Waals surface area contributed by atoms with Crippen LogP contribution in [0.4, 0.5) is 5.69 Å². The van der Waals surface area contributed by atoms with E-state index in [0.717, 1.165) is 29.1 Å². The Labute approximate surface area is 212 Å². The number of rotatable bonds is 12. The van der Waals surface area contributed by atoms with E-state index in [2.05, 4.69) is 5.32 Å². The first kappa shape index (κ1) is 26.6. The number of nitrogens with one attached hydrogen (secondary N) is 1. The quantitative estimate of drug-likeness (QED) is 0.260. The number of benzene rings is 3. The molecule has 8 heteroatoms. The second-order valence-electron chi connectivity index (χ2n) is 7.79. The number of hydrogen-bond donors (Lipinski definition) is 1. The summed E-state index contributed by atoms with van der Waals surface area (Å²) < 4.78 is 33.3. The van der Waals surface area contributed by atoms with Crippen molar-refractivity contribution in [2.45, 2.75) is 36.5 Å². The van der Waals surface area contributed by atoms with Crippen LogP contribution in [-0.2, 0) is 16.4 Å². The monoisotopic (exact) mass is 512 g/mol. The number of thioether (sulfide) groups is 1. The summed E-state index contributed by atoms with van der Waals surface area (Å²) in [5, 5.41) is 2.94. The summed E-state index contributed by atoms with van der Waals surface area (Å²) in [6.45, 7) is 5.17. The fourth-order valence-corrected chi connectivity index (χ4v) is 5.62. The average Bonchev–Trinajstić information content (AvgIpc) is 2.88. The molecule has 3 rings (SSSR count). The van der Waals surface area contributed by atoms with Gasteiger partial charge in [-0.1, -0.05) is 18.2 Å². The van der Waals surface area contributed by atoms with Crippen molar-refractivity contribution in [3.63, 3.8) is 0 Å². The highest BCUT2D eigenvalue weighted by Gasteiger charge is 2.23. The van der Waals surface area contributed by atoms with Gasteiger partial charge in [0.05, 0.1) is 17.2 Å². The van der Waals surface area contributed by atoms with Crippen LogP contribution in [0.2, 0.25) is 0 Å². The molecule has 186 valence electrons. The highest BCUT2D eigenvalue weighted by atomic mass is 32.2. The van der Waals surface area contributed by atoms with E-state index in [0.29, 0.717) is 24.4 Å². The fourth-order valence-electron chi connectivity index (χ4n) is 3.73. The molecule has 0 aromatic heterocycles. The summed E-state index contributed by atoms with van der Waals surface area (Å²) in [6.07, 6.45) is 3.53. The van der Waals surface area contributed by atoms with E-state index in [1.807, 2.05) is 37.4 Å². The molecule has 6 nitrogen and oxygen atoms in total. The average molecular weight is 513 g/mol. The van der Waals surface area contributed by atoms with Crippen LogP contribution in [0.5, 0.6) is 5.75 Å². The van der Waals surface area contributed by atoms with Gasteiger partial charge in [-0.05, 0) is 93.1 Å². The first-order valence-corrected chi connectivity index (χ1v) is 14.3. The van der Waals surface area contributed by atoms with Gasteiger partial charge in [0.2, 0.25) is 0 Å². The van der Waals surface area contributed by atoms with Crippen LogP contribution in [0.25, 0.3) is 0 Å². The second-order valence-corrected chi connectivity index (χ2v) is 10.5. The minimum Gasteiger partial charge on any atom is -0.494 e. The molecule has 1 N–H and O–H groups in total. The molecule has 3 aromatic rings. The number of hydrogen-bond acceptors (Lipinski definition) is 5. The Bertz CT molecular complexity index is 1210. The Kier molecular flexibility index (Phi) is 9.63. The summed E-state index contributed by atoms with van der Waals surface area (Å²) in [4.78, 5) is 13.8. The number of para-hydroxylation sites is 1. The van der Waals surface area contributed by atoms with E-state index in [1.54, 1.807) is 67.2 Å². The van der Waals surface area contributed by atoms with Gasteiger partial charge in [0.15, 0.2) is 0 Å². The maximum atomic E-state index is 13.2. The summed E-state index contributed by atoms with van der Waals surface area (Å²) >= 11 is 1.56. The lowest BCUT2D eigenvalue weighted by Gasteiger charge is -2.23. The SMILES string of the molecule is CCOc1ccccc1CCCNC(=O)c1ccc(N(CC)S(=O)(=O)c2ccc(SC)cc2)cc1. The lowest BCUT2D eigenvalue weighted by molar-refractivity contribution is 0.0953. The van der Waals surface area contributed by atoms with Gasteiger partial charge in [0.25, 0.3) is 15.9 Å². The van der Waals surface area contributed by atoms with Gasteiger partial charge in [0, 0.05) is 23.5 Å². The Morgan fingerprint density at radius 2 is 1.66 bits per heavy atom. The first-order chi connectivity index (χ1) is 16.9. The van der Waals surface area contributed by atoms with Crippen LogP contribution in [0.1, 0.15) is 36.2 Å². The van der Waals surface area contributed by atoms with E-state index in [1.165, 1.54) is 4.31 Å². The number of anilines is 1. The van der Waals surface area contributed by atoms with Crippen molar-refractivity contribution in [3.8, 4) is 5.75 Å². The maximum Gasteiger partial charge on any atom is 0.264 e. The molecule has 0 unspecified atom stereocenters. The normalized spacial score (nSPS) is 11.2. The number of carbonyl (C=O) groups excluding carboxylic acids is 1. The van der Waals surface area contributed by atoms with Crippen LogP contribution in [0.3, 0.4) is 0 Å². The molecule has 0 fully saturated rings. The third-order valence-electron chi connectivity index (χ3n) is 5.53. The van der Waals surface area contributed by atoms with Gasteiger partial charge in [-0.2, -0.15) is 0 Å².